The molecule has 0 saturated heterocycles. The van der Waals surface area contributed by atoms with Gasteiger partial charge >= 0.3 is 0 Å². The molecule has 1 atom stereocenters. The molecule has 3 rings (SSSR count). The second-order valence-corrected chi connectivity index (χ2v) is 6.85. The molecule has 0 aliphatic rings. The molecule has 4 nitrogen and oxygen atoms in total. The van der Waals surface area contributed by atoms with Gasteiger partial charge in [0.15, 0.2) is 0 Å². The van der Waals surface area contributed by atoms with Crippen molar-refractivity contribution in [2.75, 3.05) is 24.2 Å². The van der Waals surface area contributed by atoms with Crippen LogP contribution in [0.1, 0.15) is 4.88 Å². The average Bonchev–Trinajstić information content (AvgIpc) is 3.04. The second-order valence-electron chi connectivity index (χ2n) is 5.52. The highest BCUT2D eigenvalue weighted by Crippen LogP contribution is 2.26. The minimum Gasteiger partial charge on any atom is -0.476 e. The van der Waals surface area contributed by atoms with E-state index in [2.05, 4.69) is 52.6 Å². The van der Waals surface area contributed by atoms with Gasteiger partial charge in [-0.2, -0.15) is 12.6 Å². The summed E-state index contributed by atoms with van der Waals surface area (Å²) in [4.78, 5) is 5.66. The maximum absolute atomic E-state index is 5.90. The molecule has 0 saturated carbocycles. The van der Waals surface area contributed by atoms with Gasteiger partial charge in [0, 0.05) is 35.8 Å². The number of thiophene rings is 1. The van der Waals surface area contributed by atoms with Gasteiger partial charge in [0.05, 0.1) is 12.3 Å². The van der Waals surface area contributed by atoms with E-state index >= 15 is 0 Å². The lowest BCUT2D eigenvalue weighted by atomic mass is 10.1. The summed E-state index contributed by atoms with van der Waals surface area (Å²) < 4.78 is 5.90. The summed E-state index contributed by atoms with van der Waals surface area (Å²) in [6, 6.07) is 12.3. The molecule has 0 aliphatic carbocycles. The van der Waals surface area contributed by atoms with Crippen molar-refractivity contribution in [2.24, 2.45) is 5.73 Å². The summed E-state index contributed by atoms with van der Waals surface area (Å²) in [5, 5.41) is 8.07. The number of anilines is 1. The molecule has 24 heavy (non-hydrogen) atoms. The lowest BCUT2D eigenvalue weighted by Crippen LogP contribution is -2.30. The number of aromatic nitrogens is 1. The van der Waals surface area contributed by atoms with Gasteiger partial charge in [-0.1, -0.05) is 24.3 Å². The molecule has 6 heteroatoms. The number of nitrogens with one attached hydrogen (secondary N) is 1. The van der Waals surface area contributed by atoms with Crippen LogP contribution < -0.4 is 15.8 Å². The van der Waals surface area contributed by atoms with Crippen molar-refractivity contribution in [3.8, 4) is 5.88 Å². The first-order valence-electron chi connectivity index (χ1n) is 7.91. The highest BCUT2D eigenvalue weighted by Gasteiger charge is 2.08. The van der Waals surface area contributed by atoms with Crippen LogP contribution in [0.25, 0.3) is 10.8 Å². The molecule has 0 aliphatic heterocycles. The predicted octanol–water partition coefficient (Wildman–Crippen LogP) is 3.59. The van der Waals surface area contributed by atoms with Crippen LogP contribution in [0.4, 0.5) is 5.69 Å². The number of ether oxygens (including phenoxy) is 1. The Morgan fingerprint density at radius 2 is 2.12 bits per heavy atom. The number of pyridine rings is 1. The number of thiol groups is 1. The summed E-state index contributed by atoms with van der Waals surface area (Å²) in [5.74, 6) is 1.25. The molecule has 1 unspecified atom stereocenters. The van der Waals surface area contributed by atoms with Gasteiger partial charge in [-0.15, -0.1) is 11.3 Å². The van der Waals surface area contributed by atoms with Gasteiger partial charge in [0.2, 0.25) is 5.88 Å². The van der Waals surface area contributed by atoms with E-state index in [1.54, 1.807) is 17.5 Å². The summed E-state index contributed by atoms with van der Waals surface area (Å²) >= 11 is 5.98. The fourth-order valence-electron chi connectivity index (χ4n) is 2.43. The van der Waals surface area contributed by atoms with Gasteiger partial charge in [0.25, 0.3) is 0 Å². The zero-order valence-corrected chi connectivity index (χ0v) is 15.0. The van der Waals surface area contributed by atoms with Crippen molar-refractivity contribution < 1.29 is 4.74 Å². The number of benzene rings is 1. The fraction of sp³-hybridized carbons (Fsp3) is 0.278. The van der Waals surface area contributed by atoms with Gasteiger partial charge in [0.1, 0.15) is 0 Å². The number of hydrogen-bond donors (Lipinski definition) is 3. The van der Waals surface area contributed by atoms with Crippen LogP contribution in [0.5, 0.6) is 5.88 Å². The second kappa shape index (κ2) is 8.37. The maximum Gasteiger partial charge on any atom is 0.237 e. The van der Waals surface area contributed by atoms with Crippen LogP contribution in [0.3, 0.4) is 0 Å². The highest BCUT2D eigenvalue weighted by atomic mass is 32.1. The highest BCUT2D eigenvalue weighted by molar-refractivity contribution is 7.80. The van der Waals surface area contributed by atoms with Gasteiger partial charge in [-0.25, -0.2) is 4.98 Å². The first kappa shape index (κ1) is 17.1. The number of fused-ring (bicyclic) bond motifs is 1. The van der Waals surface area contributed by atoms with Gasteiger partial charge < -0.3 is 15.8 Å². The van der Waals surface area contributed by atoms with E-state index < -0.39 is 0 Å². The zero-order chi connectivity index (χ0) is 16.8. The third-order valence-corrected chi connectivity index (χ3v) is 5.27. The van der Waals surface area contributed by atoms with Crippen LogP contribution in [0.15, 0.2) is 48.0 Å². The zero-order valence-electron chi connectivity index (χ0n) is 13.3. The van der Waals surface area contributed by atoms with E-state index in [1.165, 1.54) is 15.6 Å². The normalized spacial score (nSPS) is 12.2. The Labute approximate surface area is 151 Å². The Morgan fingerprint density at radius 1 is 1.25 bits per heavy atom. The van der Waals surface area contributed by atoms with Crippen molar-refractivity contribution in [1.82, 2.24) is 4.98 Å². The first-order valence-corrected chi connectivity index (χ1v) is 9.42. The summed E-state index contributed by atoms with van der Waals surface area (Å²) in [6.45, 7) is 1.23. The van der Waals surface area contributed by atoms with Crippen molar-refractivity contribution >= 4 is 40.4 Å². The Hall–Kier alpha value is -1.76. The van der Waals surface area contributed by atoms with E-state index in [9.17, 15) is 0 Å². The molecule has 0 spiro atoms. The van der Waals surface area contributed by atoms with Crippen LogP contribution in [0, 0.1) is 0 Å². The topological polar surface area (TPSA) is 60.2 Å². The Bertz CT molecular complexity index is 791. The van der Waals surface area contributed by atoms with E-state index in [0.29, 0.717) is 24.8 Å². The number of rotatable bonds is 8. The molecule has 2 heterocycles. The monoisotopic (exact) mass is 359 g/mol. The molecule has 0 radical (unpaired) electrons. The Kier molecular flexibility index (Phi) is 5.96. The molecule has 0 bridgehead atoms. The minimum atomic E-state index is -0.00104. The Morgan fingerprint density at radius 3 is 3.00 bits per heavy atom. The molecule has 0 fully saturated rings. The molecule has 2 aromatic heterocycles. The summed E-state index contributed by atoms with van der Waals surface area (Å²) in [7, 11) is 0. The van der Waals surface area contributed by atoms with E-state index in [-0.39, 0.29) is 6.04 Å². The molecular formula is C18H21N3OS2. The maximum atomic E-state index is 5.90. The predicted molar refractivity (Wildman–Crippen MR) is 106 cm³/mol. The Balaban J connectivity index is 1.60. The molecule has 3 N–H and O–H groups in total. The number of hydrogen-bond acceptors (Lipinski definition) is 6. The number of nitrogens with zero attached hydrogens (tertiary/aromatic N) is 1. The van der Waals surface area contributed by atoms with Crippen LogP contribution in [0.2, 0.25) is 0 Å². The largest absolute Gasteiger partial charge is 0.476 e. The molecule has 1 aromatic carbocycles. The van der Waals surface area contributed by atoms with Crippen molar-refractivity contribution in [2.45, 2.75) is 12.5 Å². The van der Waals surface area contributed by atoms with Crippen LogP contribution in [-0.2, 0) is 6.42 Å². The third kappa shape index (κ3) is 4.20. The van der Waals surface area contributed by atoms with E-state index in [0.717, 1.165) is 12.1 Å². The first-order chi connectivity index (χ1) is 11.8. The van der Waals surface area contributed by atoms with Crippen LogP contribution >= 0.6 is 24.0 Å². The number of nitrogens with two attached hydrogens (primary N) is 1. The molecule has 0 amide bonds. The van der Waals surface area contributed by atoms with Gasteiger partial charge in [-0.05, 0) is 28.3 Å². The quantitative estimate of drug-likeness (QED) is 0.538. The van der Waals surface area contributed by atoms with E-state index in [1.807, 2.05) is 12.1 Å². The average molecular weight is 360 g/mol. The van der Waals surface area contributed by atoms with Crippen LogP contribution in [-0.4, -0.2) is 29.9 Å². The van der Waals surface area contributed by atoms with Crippen molar-refractivity contribution in [1.29, 1.82) is 0 Å². The van der Waals surface area contributed by atoms with Crippen molar-refractivity contribution in [3.63, 3.8) is 0 Å². The SMILES string of the molecule is NC(CS)CNc1cccnc1OCCc1scc2ccccc12. The lowest BCUT2D eigenvalue weighted by molar-refractivity contribution is 0.312. The summed E-state index contributed by atoms with van der Waals surface area (Å²) in [6.07, 6.45) is 2.60. The fourth-order valence-corrected chi connectivity index (χ4v) is 3.55. The molecular weight excluding hydrogens is 338 g/mol. The molecule has 126 valence electrons. The standard InChI is InChI=1S/C18H21N3OS2/c19-14(11-23)10-21-16-6-3-8-20-18(16)22-9-7-17-15-5-2-1-4-13(15)12-24-17/h1-6,8,12,14,21,23H,7,9-11,19H2. The van der Waals surface area contributed by atoms with Gasteiger partial charge in [-0.3, -0.25) is 0 Å². The third-order valence-electron chi connectivity index (χ3n) is 3.72. The summed E-state index contributed by atoms with van der Waals surface area (Å²) in [5.41, 5.74) is 6.76. The molecule has 3 aromatic rings. The lowest BCUT2D eigenvalue weighted by Gasteiger charge is -2.14. The van der Waals surface area contributed by atoms with Crippen molar-refractivity contribution in [3.05, 3.63) is 52.9 Å². The van der Waals surface area contributed by atoms with E-state index in [4.69, 9.17) is 10.5 Å². The minimum absolute atomic E-state index is 0.00104. The smallest absolute Gasteiger partial charge is 0.237 e.